The Hall–Kier alpha value is -3.08. The Labute approximate surface area is 145 Å². The van der Waals surface area contributed by atoms with Crippen molar-refractivity contribution in [3.63, 3.8) is 0 Å². The van der Waals surface area contributed by atoms with Crippen LogP contribution < -0.4 is 10.4 Å². The van der Waals surface area contributed by atoms with E-state index in [1.807, 2.05) is 38.1 Å². The molecule has 1 aromatic heterocycles. The number of carboxylic acids is 1. The fourth-order valence-electron chi connectivity index (χ4n) is 3.18. The molecule has 2 aromatic carbocycles. The molecular formula is C20H19N2O3-. The smallest absolute Gasteiger partial charge is 0.244 e. The highest BCUT2D eigenvalue weighted by molar-refractivity contribution is 6.04. The number of anilines is 1. The fraction of sp³-hybridized carbons (Fsp3) is 0.200. The molecule has 0 unspecified atom stereocenters. The van der Waals surface area contributed by atoms with Gasteiger partial charge in [0.25, 0.3) is 0 Å². The number of aromatic carboxylic acids is 1. The largest absolute Gasteiger partial charge is 0.545 e. The summed E-state index contributed by atoms with van der Waals surface area (Å²) in [5, 5.41) is 15.0. The summed E-state index contributed by atoms with van der Waals surface area (Å²) < 4.78 is 1.71. The van der Waals surface area contributed by atoms with Crippen LogP contribution in [0, 0.1) is 20.8 Å². The quantitative estimate of drug-likeness (QED) is 0.796. The lowest BCUT2D eigenvalue weighted by atomic mass is 10.1. The second-order valence-corrected chi connectivity index (χ2v) is 6.22. The van der Waals surface area contributed by atoms with E-state index < -0.39 is 5.97 Å². The molecule has 1 N–H and O–H groups in total. The number of nitrogens with one attached hydrogen (secondary N) is 1. The van der Waals surface area contributed by atoms with Gasteiger partial charge in [-0.25, -0.2) is 0 Å². The monoisotopic (exact) mass is 335 g/mol. The SMILES string of the molecule is Cc1ccc(NC(=O)Cn2c(C)c(C(=O)[O-])c3ccccc32)c(C)c1. The summed E-state index contributed by atoms with van der Waals surface area (Å²) >= 11 is 0. The average Bonchev–Trinajstić information content (AvgIpc) is 2.82. The van der Waals surface area contributed by atoms with Gasteiger partial charge in [-0.2, -0.15) is 0 Å². The number of amides is 1. The summed E-state index contributed by atoms with van der Waals surface area (Å²) in [6.45, 7) is 5.66. The van der Waals surface area contributed by atoms with Crippen LogP contribution in [0.4, 0.5) is 5.69 Å². The Morgan fingerprint density at radius 2 is 1.80 bits per heavy atom. The van der Waals surface area contributed by atoms with Crippen LogP contribution in [0.15, 0.2) is 42.5 Å². The summed E-state index contributed by atoms with van der Waals surface area (Å²) in [5.74, 6) is -1.44. The van der Waals surface area contributed by atoms with Crippen LogP contribution in [0.3, 0.4) is 0 Å². The van der Waals surface area contributed by atoms with E-state index in [1.165, 1.54) is 0 Å². The number of nitrogens with zero attached hydrogens (tertiary/aromatic N) is 1. The number of hydrogen-bond donors (Lipinski definition) is 1. The molecule has 0 radical (unpaired) electrons. The van der Waals surface area contributed by atoms with Crippen molar-refractivity contribution < 1.29 is 14.7 Å². The number of hydrogen-bond acceptors (Lipinski definition) is 3. The second-order valence-electron chi connectivity index (χ2n) is 6.22. The summed E-state index contributed by atoms with van der Waals surface area (Å²) in [6.07, 6.45) is 0. The Bertz CT molecular complexity index is 986. The molecule has 1 amide bonds. The molecule has 0 spiro atoms. The van der Waals surface area contributed by atoms with Crippen molar-refractivity contribution in [2.45, 2.75) is 27.3 Å². The van der Waals surface area contributed by atoms with E-state index in [2.05, 4.69) is 5.32 Å². The van der Waals surface area contributed by atoms with Gasteiger partial charge in [0.05, 0.1) is 5.97 Å². The lowest BCUT2D eigenvalue weighted by molar-refractivity contribution is -0.254. The first-order valence-electron chi connectivity index (χ1n) is 8.04. The van der Waals surface area contributed by atoms with Crippen molar-refractivity contribution >= 4 is 28.5 Å². The molecule has 0 saturated heterocycles. The number of aryl methyl sites for hydroxylation is 2. The highest BCUT2D eigenvalue weighted by Crippen LogP contribution is 2.25. The summed E-state index contributed by atoms with van der Waals surface area (Å²) in [4.78, 5) is 24.0. The molecule has 3 rings (SSSR count). The molecule has 25 heavy (non-hydrogen) atoms. The van der Waals surface area contributed by atoms with Crippen molar-refractivity contribution in [1.29, 1.82) is 0 Å². The number of aromatic nitrogens is 1. The van der Waals surface area contributed by atoms with Gasteiger partial charge in [-0.15, -0.1) is 0 Å². The first kappa shape index (κ1) is 16.8. The third-order valence-corrected chi connectivity index (χ3v) is 4.39. The highest BCUT2D eigenvalue weighted by Gasteiger charge is 2.16. The van der Waals surface area contributed by atoms with Crippen molar-refractivity contribution in [2.24, 2.45) is 0 Å². The number of carbonyl (C=O) groups is 2. The standard InChI is InChI=1S/C20H20N2O3/c1-12-8-9-16(13(2)10-12)21-18(23)11-22-14(3)19(20(24)25)15-6-4-5-7-17(15)22/h4-10H,11H2,1-3H3,(H,21,23)(H,24,25)/p-1. The predicted molar refractivity (Wildman–Crippen MR) is 95.6 cm³/mol. The van der Waals surface area contributed by atoms with Gasteiger partial charge in [0, 0.05) is 27.8 Å². The predicted octanol–water partition coefficient (Wildman–Crippen LogP) is 2.57. The summed E-state index contributed by atoms with van der Waals surface area (Å²) in [7, 11) is 0. The van der Waals surface area contributed by atoms with Crippen LogP contribution >= 0.6 is 0 Å². The van der Waals surface area contributed by atoms with Gasteiger partial charge in [0.2, 0.25) is 5.91 Å². The van der Waals surface area contributed by atoms with Crippen LogP contribution in [0.25, 0.3) is 10.9 Å². The first-order chi connectivity index (χ1) is 11.9. The zero-order chi connectivity index (χ0) is 18.1. The van der Waals surface area contributed by atoms with Crippen LogP contribution in [0.2, 0.25) is 0 Å². The average molecular weight is 335 g/mol. The maximum Gasteiger partial charge on any atom is 0.244 e. The minimum absolute atomic E-state index is 0.0347. The normalized spacial score (nSPS) is 10.8. The first-order valence-corrected chi connectivity index (χ1v) is 8.04. The molecule has 0 fully saturated rings. The number of para-hydroxylation sites is 1. The van der Waals surface area contributed by atoms with Crippen LogP contribution in [-0.4, -0.2) is 16.4 Å². The van der Waals surface area contributed by atoms with E-state index in [1.54, 1.807) is 29.7 Å². The molecule has 1 heterocycles. The number of rotatable bonds is 4. The van der Waals surface area contributed by atoms with Crippen molar-refractivity contribution in [3.8, 4) is 0 Å². The Morgan fingerprint density at radius 1 is 1.08 bits per heavy atom. The number of carboxylic acid groups (broad SMARTS) is 1. The zero-order valence-electron chi connectivity index (χ0n) is 14.4. The molecule has 0 bridgehead atoms. The van der Waals surface area contributed by atoms with Gasteiger partial charge in [0.1, 0.15) is 6.54 Å². The number of fused-ring (bicyclic) bond motifs is 1. The fourth-order valence-corrected chi connectivity index (χ4v) is 3.18. The molecule has 5 heteroatoms. The maximum atomic E-state index is 12.5. The Balaban J connectivity index is 1.94. The number of benzene rings is 2. The minimum Gasteiger partial charge on any atom is -0.545 e. The zero-order valence-corrected chi connectivity index (χ0v) is 14.4. The highest BCUT2D eigenvalue weighted by atomic mass is 16.4. The molecule has 0 aliphatic rings. The van der Waals surface area contributed by atoms with Crippen molar-refractivity contribution in [2.75, 3.05) is 5.32 Å². The van der Waals surface area contributed by atoms with Crippen LogP contribution in [0.1, 0.15) is 27.2 Å². The molecule has 128 valence electrons. The molecule has 0 atom stereocenters. The Kier molecular flexibility index (Phi) is 4.31. The number of carbonyl (C=O) groups excluding carboxylic acids is 2. The van der Waals surface area contributed by atoms with Gasteiger partial charge >= 0.3 is 0 Å². The maximum absolute atomic E-state index is 12.5. The van der Waals surface area contributed by atoms with Crippen molar-refractivity contribution in [1.82, 2.24) is 4.57 Å². The van der Waals surface area contributed by atoms with Gasteiger partial charge in [0.15, 0.2) is 0 Å². The lowest BCUT2D eigenvalue weighted by Gasteiger charge is -2.12. The van der Waals surface area contributed by atoms with Gasteiger partial charge < -0.3 is 19.8 Å². The van der Waals surface area contributed by atoms with Crippen molar-refractivity contribution in [3.05, 3.63) is 64.8 Å². The van der Waals surface area contributed by atoms with E-state index in [-0.39, 0.29) is 18.0 Å². The van der Waals surface area contributed by atoms with Crippen LogP contribution in [0.5, 0.6) is 0 Å². The topological polar surface area (TPSA) is 74.2 Å². The second kappa shape index (κ2) is 6.43. The summed E-state index contributed by atoms with van der Waals surface area (Å²) in [5.41, 5.74) is 4.21. The molecule has 0 aliphatic carbocycles. The third-order valence-electron chi connectivity index (χ3n) is 4.39. The van der Waals surface area contributed by atoms with E-state index in [9.17, 15) is 14.7 Å². The van der Waals surface area contributed by atoms with Gasteiger partial charge in [-0.1, -0.05) is 35.9 Å². The molecule has 0 saturated carbocycles. The summed E-state index contributed by atoms with van der Waals surface area (Å²) in [6, 6.07) is 12.9. The van der Waals surface area contributed by atoms with Gasteiger partial charge in [-0.3, -0.25) is 4.79 Å². The molecule has 5 nitrogen and oxygen atoms in total. The third kappa shape index (κ3) is 3.13. The molecular weight excluding hydrogens is 316 g/mol. The van der Waals surface area contributed by atoms with E-state index in [0.717, 1.165) is 16.8 Å². The van der Waals surface area contributed by atoms with Gasteiger partial charge in [-0.05, 0) is 38.5 Å². The van der Waals surface area contributed by atoms with E-state index >= 15 is 0 Å². The molecule has 0 aliphatic heterocycles. The minimum atomic E-state index is -1.23. The molecule has 3 aromatic rings. The van der Waals surface area contributed by atoms with E-state index in [0.29, 0.717) is 16.6 Å². The lowest BCUT2D eigenvalue weighted by Crippen LogP contribution is -2.24. The van der Waals surface area contributed by atoms with Crippen LogP contribution in [-0.2, 0) is 11.3 Å². The Morgan fingerprint density at radius 3 is 2.48 bits per heavy atom. The van der Waals surface area contributed by atoms with E-state index in [4.69, 9.17) is 0 Å².